The van der Waals surface area contributed by atoms with E-state index in [4.69, 9.17) is 4.42 Å². The molecule has 215 valence electrons. The summed E-state index contributed by atoms with van der Waals surface area (Å²) in [5.74, 6) is 0.849. The van der Waals surface area contributed by atoms with E-state index in [1.807, 2.05) is 60.9 Å². The molecule has 0 amide bonds. The maximum Gasteiger partial charge on any atom is 0.120 e. The predicted octanol–water partition coefficient (Wildman–Crippen LogP) is 10.3. The Morgan fingerprint density at radius 3 is 2.14 bits per heavy atom. The van der Waals surface area contributed by atoms with E-state index >= 15 is 0 Å². The number of rotatable bonds is 5. The van der Waals surface area contributed by atoms with Gasteiger partial charge in [0, 0.05) is 37.9 Å². The Bertz CT molecular complexity index is 1910. The molecule has 0 spiro atoms. The van der Waals surface area contributed by atoms with Gasteiger partial charge in [-0.3, -0.25) is 0 Å². The van der Waals surface area contributed by atoms with Crippen LogP contribution in [0.15, 0.2) is 132 Å². The van der Waals surface area contributed by atoms with Crippen LogP contribution in [0.25, 0.3) is 44.5 Å². The molecule has 0 saturated carbocycles. The zero-order chi connectivity index (χ0) is 28.9. The number of benzene rings is 4. The maximum absolute atomic E-state index is 6.07. The van der Waals surface area contributed by atoms with E-state index < -0.39 is 0 Å². The quantitative estimate of drug-likeness (QED) is 0.165. The molecule has 0 fully saturated rings. The number of fused-ring (bicyclic) bond motifs is 3. The molecule has 3 heterocycles. The zero-order valence-electron chi connectivity index (χ0n) is 24.4. The van der Waals surface area contributed by atoms with Gasteiger partial charge in [0.2, 0.25) is 0 Å². The molecule has 4 aromatic carbocycles. The summed E-state index contributed by atoms with van der Waals surface area (Å²) >= 11 is 0. The summed E-state index contributed by atoms with van der Waals surface area (Å²) in [6, 6.07) is 45.7. The van der Waals surface area contributed by atoms with Crippen LogP contribution in [0.3, 0.4) is 0 Å². The van der Waals surface area contributed by atoms with Gasteiger partial charge < -0.3 is 14.4 Å². The van der Waals surface area contributed by atoms with Crippen molar-refractivity contribution in [2.24, 2.45) is 0 Å². The molecule has 0 N–H and O–H groups in total. The van der Waals surface area contributed by atoms with Crippen LogP contribution < -0.4 is 0 Å². The molecule has 1 atom stereocenters. The largest absolute Gasteiger partial charge is 0.501 e. The fraction of sp³-hybridized carbons (Fsp3) is 0.128. The average molecular weight is 737 g/mol. The molecule has 1 unspecified atom stereocenters. The van der Waals surface area contributed by atoms with Gasteiger partial charge in [0.15, 0.2) is 0 Å². The maximum atomic E-state index is 6.07. The average Bonchev–Trinajstić information content (AvgIpc) is 3.45. The monoisotopic (exact) mass is 737 g/mol. The molecule has 0 aliphatic carbocycles. The number of pyridine rings is 2. The van der Waals surface area contributed by atoms with Crippen LogP contribution in [0.1, 0.15) is 49.3 Å². The summed E-state index contributed by atoms with van der Waals surface area (Å²) in [6.07, 6.45) is 3.67. The van der Waals surface area contributed by atoms with Crippen LogP contribution in [0.4, 0.5) is 0 Å². The predicted molar refractivity (Wildman–Crippen MR) is 172 cm³/mol. The number of hydrogen-bond acceptors (Lipinski definition) is 3. The summed E-state index contributed by atoms with van der Waals surface area (Å²) in [6.45, 7) is 6.59. The Labute approximate surface area is 267 Å². The third-order valence-electron chi connectivity index (χ3n) is 7.62. The molecule has 7 rings (SSSR count). The van der Waals surface area contributed by atoms with Crippen molar-refractivity contribution in [3.05, 3.63) is 156 Å². The van der Waals surface area contributed by atoms with Gasteiger partial charge in [-0.25, -0.2) is 0 Å². The van der Waals surface area contributed by atoms with Crippen LogP contribution in [0.5, 0.6) is 0 Å². The molecule has 0 saturated heterocycles. The second kappa shape index (κ2) is 13.7. The molecular weight excluding hydrogens is 705 g/mol. The topological polar surface area (TPSA) is 38.9 Å². The van der Waals surface area contributed by atoms with Crippen molar-refractivity contribution in [3.63, 3.8) is 0 Å². The molecule has 0 aliphatic heterocycles. The minimum Gasteiger partial charge on any atom is -0.501 e. The van der Waals surface area contributed by atoms with Crippen molar-refractivity contribution in [1.29, 1.82) is 0 Å². The first-order valence-electron chi connectivity index (χ1n) is 14.3. The van der Waals surface area contributed by atoms with Crippen molar-refractivity contribution in [2.45, 2.75) is 32.6 Å². The summed E-state index contributed by atoms with van der Waals surface area (Å²) in [5.41, 5.74) is 9.47. The van der Waals surface area contributed by atoms with E-state index in [1.165, 1.54) is 16.7 Å². The summed E-state index contributed by atoms with van der Waals surface area (Å²) in [5, 5.41) is 2.24. The molecule has 3 nitrogen and oxygen atoms in total. The van der Waals surface area contributed by atoms with Gasteiger partial charge in [-0.2, -0.15) is 0 Å². The zero-order valence-corrected chi connectivity index (χ0v) is 26.8. The van der Waals surface area contributed by atoms with Gasteiger partial charge in [-0.05, 0) is 47.0 Å². The van der Waals surface area contributed by atoms with Gasteiger partial charge in [-0.1, -0.05) is 104 Å². The third kappa shape index (κ3) is 6.67. The van der Waals surface area contributed by atoms with Gasteiger partial charge in [0.1, 0.15) is 5.58 Å². The molecule has 43 heavy (non-hydrogen) atoms. The Balaban J connectivity index is 0.000000168. The number of nitrogens with zero attached hydrogens (tertiary/aromatic N) is 2. The van der Waals surface area contributed by atoms with Crippen LogP contribution in [0.2, 0.25) is 0 Å². The Hall–Kier alpha value is -4.37. The fourth-order valence-corrected chi connectivity index (χ4v) is 5.15. The van der Waals surface area contributed by atoms with E-state index in [1.54, 1.807) is 0 Å². The Morgan fingerprint density at radius 1 is 0.628 bits per heavy atom. The number of aromatic nitrogens is 2. The van der Waals surface area contributed by atoms with E-state index in [9.17, 15) is 0 Å². The molecule has 7 aromatic rings. The van der Waals surface area contributed by atoms with Crippen molar-refractivity contribution in [3.8, 4) is 22.5 Å². The van der Waals surface area contributed by atoms with Crippen LogP contribution >= 0.6 is 0 Å². The van der Waals surface area contributed by atoms with E-state index in [0.717, 1.165) is 44.5 Å². The third-order valence-corrected chi connectivity index (χ3v) is 7.62. The number of hydrogen-bond donors (Lipinski definition) is 0. The molecule has 1 radical (unpaired) electrons. The van der Waals surface area contributed by atoms with Crippen LogP contribution in [0, 0.1) is 12.1 Å². The van der Waals surface area contributed by atoms with Gasteiger partial charge >= 0.3 is 0 Å². The minimum atomic E-state index is 0. The normalized spacial score (nSPS) is 11.5. The molecule has 0 bridgehead atoms. The summed E-state index contributed by atoms with van der Waals surface area (Å²) < 4.78 is 6.07. The molecular formula is C39H32IrN2O-2. The SMILES string of the molecule is CC(C)c1ccnc(-c2[c-]ccc3c2oc2ccccc23)c1.CC(c1c[c-]c(-c2ccccn2)cc1)c1ccccc1.[Ir]. The first kappa shape index (κ1) is 30.1. The van der Waals surface area contributed by atoms with Crippen molar-refractivity contribution < 1.29 is 24.5 Å². The first-order valence-corrected chi connectivity index (χ1v) is 14.3. The van der Waals surface area contributed by atoms with Gasteiger partial charge in [-0.15, -0.1) is 53.6 Å². The second-order valence-electron chi connectivity index (χ2n) is 10.7. The molecule has 0 aliphatic rings. The van der Waals surface area contributed by atoms with Gasteiger partial charge in [0.05, 0.1) is 5.58 Å². The van der Waals surface area contributed by atoms with E-state index in [-0.39, 0.29) is 20.1 Å². The van der Waals surface area contributed by atoms with Crippen LogP contribution in [-0.2, 0) is 20.1 Å². The fourth-order valence-electron chi connectivity index (χ4n) is 5.15. The number of furan rings is 1. The van der Waals surface area contributed by atoms with Gasteiger partial charge in [0.25, 0.3) is 0 Å². The first-order chi connectivity index (χ1) is 20.6. The van der Waals surface area contributed by atoms with Crippen molar-refractivity contribution in [1.82, 2.24) is 9.97 Å². The van der Waals surface area contributed by atoms with E-state index in [2.05, 4.69) is 110 Å². The second-order valence-corrected chi connectivity index (χ2v) is 10.7. The smallest absolute Gasteiger partial charge is 0.120 e. The van der Waals surface area contributed by atoms with Crippen molar-refractivity contribution in [2.75, 3.05) is 0 Å². The summed E-state index contributed by atoms with van der Waals surface area (Å²) in [4.78, 5) is 8.87. The molecule has 3 aromatic heterocycles. The Kier molecular flexibility index (Phi) is 9.61. The molecule has 4 heteroatoms. The van der Waals surface area contributed by atoms with Crippen LogP contribution in [-0.4, -0.2) is 9.97 Å². The summed E-state index contributed by atoms with van der Waals surface area (Å²) in [7, 11) is 0. The number of para-hydroxylation sites is 1. The standard InChI is InChI=1S/C20H16NO.C19H16N.Ir/c1-13(2)14-10-11-21-18(12-14)17-8-5-7-16-15-6-3-4-9-19(15)22-20(16)17;1-15(16-7-3-2-4-8-16)17-10-12-18(13-11-17)19-9-5-6-14-20-19;/h3-7,9-13H,1-2H3;2-12,14-15H,1H3;/q2*-1;. The minimum absolute atomic E-state index is 0. The van der Waals surface area contributed by atoms with Crippen molar-refractivity contribution >= 4 is 21.9 Å². The Morgan fingerprint density at radius 2 is 1.40 bits per heavy atom. The van der Waals surface area contributed by atoms with E-state index in [0.29, 0.717) is 11.8 Å².